The van der Waals surface area contributed by atoms with Crippen molar-refractivity contribution in [1.29, 1.82) is 0 Å². The maximum atomic E-state index is 8.62. The second-order valence-electron chi connectivity index (χ2n) is 3.50. The highest BCUT2D eigenvalue weighted by molar-refractivity contribution is 5.59. The molecule has 2 aromatic rings. The molecule has 0 aliphatic rings. The molecule has 1 N–H and O–H groups in total. The van der Waals surface area contributed by atoms with Gasteiger partial charge in [-0.3, -0.25) is 4.98 Å². The van der Waals surface area contributed by atoms with E-state index < -0.39 is 0 Å². The largest absolute Gasteiger partial charge is 0.516 e. The van der Waals surface area contributed by atoms with E-state index in [0.29, 0.717) is 0 Å². The Labute approximate surface area is 94.9 Å². The summed E-state index contributed by atoms with van der Waals surface area (Å²) in [5, 5.41) is 8.62. The Hall–Kier alpha value is -2.09. The van der Waals surface area contributed by atoms with Gasteiger partial charge in [-0.1, -0.05) is 30.3 Å². The van der Waals surface area contributed by atoms with Gasteiger partial charge in [-0.25, -0.2) is 0 Å². The minimum atomic E-state index is 0.721. The first-order valence-corrected chi connectivity index (χ1v) is 5.20. The van der Waals surface area contributed by atoms with Gasteiger partial charge in [0.25, 0.3) is 0 Å². The number of hydrogen-bond acceptors (Lipinski definition) is 2. The third-order valence-corrected chi connectivity index (χ3v) is 2.35. The normalized spacial score (nSPS) is 10.8. The Morgan fingerprint density at radius 1 is 1.12 bits per heavy atom. The minimum absolute atomic E-state index is 0.721. The molecule has 0 aliphatic carbocycles. The number of pyridine rings is 1. The quantitative estimate of drug-likeness (QED) is 0.789. The number of rotatable bonds is 3. The van der Waals surface area contributed by atoms with E-state index in [4.69, 9.17) is 5.11 Å². The summed E-state index contributed by atoms with van der Waals surface area (Å²) in [5.74, 6) is 0. The van der Waals surface area contributed by atoms with Gasteiger partial charge in [0.2, 0.25) is 0 Å². The molecule has 1 aromatic carbocycles. The third-order valence-electron chi connectivity index (χ3n) is 2.35. The van der Waals surface area contributed by atoms with Gasteiger partial charge in [0.15, 0.2) is 0 Å². The molecule has 0 spiro atoms. The van der Waals surface area contributed by atoms with E-state index in [1.807, 2.05) is 42.5 Å². The first kappa shape index (κ1) is 10.4. The standard InChI is InChI=1S/C14H13NO/c16-10-4-5-12-8-9-15-14(11-12)13-6-2-1-3-7-13/h1-4,6-11,16H,5H2. The molecule has 0 bridgehead atoms. The van der Waals surface area contributed by atoms with Crippen LogP contribution in [0.2, 0.25) is 0 Å². The summed E-state index contributed by atoms with van der Waals surface area (Å²) in [6, 6.07) is 14.0. The van der Waals surface area contributed by atoms with Crippen molar-refractivity contribution in [2.24, 2.45) is 0 Å². The summed E-state index contributed by atoms with van der Waals surface area (Å²) < 4.78 is 0. The molecule has 0 saturated carbocycles. The lowest BCUT2D eigenvalue weighted by atomic mass is 10.1. The fourth-order valence-electron chi connectivity index (χ4n) is 1.56. The average Bonchev–Trinajstić information content (AvgIpc) is 2.38. The molecule has 0 amide bonds. The van der Waals surface area contributed by atoms with Crippen molar-refractivity contribution < 1.29 is 5.11 Å². The van der Waals surface area contributed by atoms with Crippen LogP contribution in [0.4, 0.5) is 0 Å². The number of hydrogen-bond donors (Lipinski definition) is 1. The van der Waals surface area contributed by atoms with Crippen molar-refractivity contribution in [3.8, 4) is 11.3 Å². The van der Waals surface area contributed by atoms with Gasteiger partial charge in [0.1, 0.15) is 0 Å². The van der Waals surface area contributed by atoms with Gasteiger partial charge in [-0.05, 0) is 30.2 Å². The lowest BCUT2D eigenvalue weighted by Gasteiger charge is -2.02. The van der Waals surface area contributed by atoms with Gasteiger partial charge >= 0.3 is 0 Å². The minimum Gasteiger partial charge on any atom is -0.516 e. The van der Waals surface area contributed by atoms with E-state index in [0.717, 1.165) is 29.5 Å². The van der Waals surface area contributed by atoms with E-state index in [1.54, 1.807) is 12.3 Å². The number of nitrogens with zero attached hydrogens (tertiary/aromatic N) is 1. The molecule has 0 unspecified atom stereocenters. The van der Waals surface area contributed by atoms with Crippen molar-refractivity contribution in [2.45, 2.75) is 6.42 Å². The molecule has 16 heavy (non-hydrogen) atoms. The Morgan fingerprint density at radius 3 is 2.69 bits per heavy atom. The van der Waals surface area contributed by atoms with Crippen molar-refractivity contribution >= 4 is 0 Å². The van der Waals surface area contributed by atoms with Crippen LogP contribution in [-0.2, 0) is 6.42 Å². The molecule has 0 aliphatic heterocycles. The summed E-state index contributed by atoms with van der Waals surface area (Å²) in [6.07, 6.45) is 5.30. The van der Waals surface area contributed by atoms with Crippen molar-refractivity contribution in [3.63, 3.8) is 0 Å². The fourth-order valence-corrected chi connectivity index (χ4v) is 1.56. The van der Waals surface area contributed by atoms with Crippen LogP contribution in [0, 0.1) is 0 Å². The van der Waals surface area contributed by atoms with E-state index in [2.05, 4.69) is 4.98 Å². The van der Waals surface area contributed by atoms with Gasteiger partial charge in [-0.15, -0.1) is 0 Å². The highest BCUT2D eigenvalue weighted by Crippen LogP contribution is 2.17. The van der Waals surface area contributed by atoms with Crippen LogP contribution in [-0.4, -0.2) is 10.1 Å². The number of aliphatic hydroxyl groups is 1. The molecule has 80 valence electrons. The van der Waals surface area contributed by atoms with Crippen molar-refractivity contribution in [2.75, 3.05) is 0 Å². The molecule has 2 nitrogen and oxygen atoms in total. The second kappa shape index (κ2) is 5.12. The maximum absolute atomic E-state index is 8.62. The van der Waals surface area contributed by atoms with Crippen LogP contribution < -0.4 is 0 Å². The Balaban J connectivity index is 2.29. The molecule has 2 rings (SSSR count). The predicted octanol–water partition coefficient (Wildman–Crippen LogP) is 3.36. The monoisotopic (exact) mass is 211 g/mol. The molecular weight excluding hydrogens is 198 g/mol. The number of aromatic nitrogens is 1. The zero-order chi connectivity index (χ0) is 11.2. The van der Waals surface area contributed by atoms with Gasteiger partial charge in [0.05, 0.1) is 12.0 Å². The zero-order valence-electron chi connectivity index (χ0n) is 8.88. The molecule has 0 saturated heterocycles. The average molecular weight is 211 g/mol. The molecule has 2 heteroatoms. The molecule has 1 aromatic heterocycles. The number of aliphatic hydroxyl groups excluding tert-OH is 1. The van der Waals surface area contributed by atoms with Crippen LogP contribution in [0.15, 0.2) is 61.0 Å². The Kier molecular flexibility index (Phi) is 3.34. The third kappa shape index (κ3) is 2.48. The molecular formula is C14H13NO. The second-order valence-corrected chi connectivity index (χ2v) is 3.50. The van der Waals surface area contributed by atoms with Crippen LogP contribution >= 0.6 is 0 Å². The Bertz CT molecular complexity index is 477. The van der Waals surface area contributed by atoms with E-state index in [9.17, 15) is 0 Å². The van der Waals surface area contributed by atoms with Gasteiger partial charge in [-0.2, -0.15) is 0 Å². The smallest absolute Gasteiger partial charge is 0.0755 e. The van der Waals surface area contributed by atoms with E-state index in [-0.39, 0.29) is 0 Å². The lowest BCUT2D eigenvalue weighted by molar-refractivity contribution is 0.471. The highest BCUT2D eigenvalue weighted by atomic mass is 16.2. The Morgan fingerprint density at radius 2 is 1.94 bits per heavy atom. The van der Waals surface area contributed by atoms with Crippen LogP contribution in [0.3, 0.4) is 0 Å². The summed E-state index contributed by atoms with van der Waals surface area (Å²) >= 11 is 0. The van der Waals surface area contributed by atoms with Crippen LogP contribution in [0.1, 0.15) is 5.56 Å². The van der Waals surface area contributed by atoms with Crippen molar-refractivity contribution in [3.05, 3.63) is 66.6 Å². The summed E-state index contributed by atoms with van der Waals surface area (Å²) in [4.78, 5) is 4.33. The molecule has 0 fully saturated rings. The molecule has 0 atom stereocenters. The first-order valence-electron chi connectivity index (χ1n) is 5.20. The molecule has 1 heterocycles. The summed E-state index contributed by atoms with van der Waals surface area (Å²) in [5.41, 5.74) is 3.21. The first-order chi connectivity index (χ1) is 7.90. The SMILES string of the molecule is OC=CCc1ccnc(-c2ccccc2)c1. The lowest BCUT2D eigenvalue weighted by Crippen LogP contribution is -1.87. The van der Waals surface area contributed by atoms with Gasteiger partial charge < -0.3 is 5.11 Å². The van der Waals surface area contributed by atoms with Gasteiger partial charge in [0, 0.05) is 11.8 Å². The van der Waals surface area contributed by atoms with E-state index in [1.165, 1.54) is 0 Å². The fraction of sp³-hybridized carbons (Fsp3) is 0.0714. The maximum Gasteiger partial charge on any atom is 0.0755 e. The highest BCUT2D eigenvalue weighted by Gasteiger charge is 1.98. The summed E-state index contributed by atoms with van der Waals surface area (Å²) in [7, 11) is 0. The van der Waals surface area contributed by atoms with Crippen LogP contribution in [0.5, 0.6) is 0 Å². The predicted molar refractivity (Wildman–Crippen MR) is 65.1 cm³/mol. The number of benzene rings is 1. The number of allylic oxidation sites excluding steroid dienone is 1. The molecule has 0 radical (unpaired) electrons. The zero-order valence-corrected chi connectivity index (χ0v) is 8.88. The summed E-state index contributed by atoms with van der Waals surface area (Å²) in [6.45, 7) is 0. The van der Waals surface area contributed by atoms with E-state index >= 15 is 0 Å². The van der Waals surface area contributed by atoms with Crippen molar-refractivity contribution in [1.82, 2.24) is 4.98 Å². The van der Waals surface area contributed by atoms with Crippen LogP contribution in [0.25, 0.3) is 11.3 Å². The topological polar surface area (TPSA) is 33.1 Å².